The van der Waals surface area contributed by atoms with E-state index in [1.54, 1.807) is 56.2 Å². The summed E-state index contributed by atoms with van der Waals surface area (Å²) in [5.41, 5.74) is -0.117. The Kier molecular flexibility index (Phi) is 6.68. The Hall–Kier alpha value is -2.66. The highest BCUT2D eigenvalue weighted by atomic mass is 79.9. The Labute approximate surface area is 148 Å². The number of rotatable bonds is 5. The molecule has 0 saturated heterocycles. The summed E-state index contributed by atoms with van der Waals surface area (Å²) >= 11 is 3.23. The summed E-state index contributed by atoms with van der Waals surface area (Å²) in [4.78, 5) is 39.3. The molecule has 0 unspecified atom stereocenters. The molecule has 1 aromatic carbocycles. The molecule has 0 aliphatic rings. The fourth-order valence-corrected chi connectivity index (χ4v) is 2.27. The van der Waals surface area contributed by atoms with Crippen LogP contribution in [0.25, 0.3) is 0 Å². The summed E-state index contributed by atoms with van der Waals surface area (Å²) in [5.74, 6) is -2.56. The number of carbonyl (C=O) groups excluding carboxylic acids is 3. The molecule has 7 nitrogen and oxygen atoms in total. The van der Waals surface area contributed by atoms with E-state index in [4.69, 9.17) is 0 Å². The molecule has 126 valence electrons. The first-order chi connectivity index (χ1) is 11.2. The predicted molar refractivity (Wildman–Crippen MR) is 91.6 cm³/mol. The molecule has 24 heavy (non-hydrogen) atoms. The van der Waals surface area contributed by atoms with Gasteiger partial charge in [-0.3, -0.25) is 19.7 Å². The SMILES string of the molecule is CN(C)C(=C(C#N)C(=O)NC(=O)C(=O)c1ccc(Br)cc1)N(C)C. The third-order valence-electron chi connectivity index (χ3n) is 2.95. The first kappa shape index (κ1) is 19.4. The number of carbonyl (C=O) groups is 3. The fourth-order valence-electron chi connectivity index (χ4n) is 2.00. The van der Waals surface area contributed by atoms with Gasteiger partial charge in [0.2, 0.25) is 0 Å². The molecule has 0 saturated carbocycles. The summed E-state index contributed by atoms with van der Waals surface area (Å²) in [6.07, 6.45) is 0. The van der Waals surface area contributed by atoms with Gasteiger partial charge in [-0.25, -0.2) is 0 Å². The Morgan fingerprint density at radius 3 is 1.92 bits per heavy atom. The van der Waals surface area contributed by atoms with Crippen LogP contribution < -0.4 is 5.32 Å². The van der Waals surface area contributed by atoms with E-state index in [1.165, 1.54) is 12.1 Å². The number of amides is 2. The van der Waals surface area contributed by atoms with Gasteiger partial charge in [0.25, 0.3) is 17.6 Å². The maximum Gasteiger partial charge on any atom is 0.299 e. The third-order valence-corrected chi connectivity index (χ3v) is 3.48. The molecule has 0 aliphatic carbocycles. The first-order valence-corrected chi connectivity index (χ1v) is 7.63. The number of ketones is 1. The van der Waals surface area contributed by atoms with E-state index in [-0.39, 0.29) is 11.1 Å². The molecule has 1 rings (SSSR count). The molecule has 0 aromatic heterocycles. The van der Waals surface area contributed by atoms with Crippen LogP contribution in [0.5, 0.6) is 0 Å². The number of nitriles is 1. The Morgan fingerprint density at radius 1 is 1.00 bits per heavy atom. The van der Waals surface area contributed by atoms with Crippen molar-refractivity contribution < 1.29 is 14.4 Å². The van der Waals surface area contributed by atoms with Gasteiger partial charge in [0.1, 0.15) is 11.9 Å². The topological polar surface area (TPSA) is 93.5 Å². The lowest BCUT2D eigenvalue weighted by molar-refractivity contribution is -0.125. The van der Waals surface area contributed by atoms with Crippen LogP contribution in [-0.2, 0) is 9.59 Å². The average molecular weight is 393 g/mol. The zero-order chi connectivity index (χ0) is 18.4. The van der Waals surface area contributed by atoms with Crippen LogP contribution in [0.3, 0.4) is 0 Å². The smallest absolute Gasteiger partial charge is 0.299 e. The number of hydrogen-bond donors (Lipinski definition) is 1. The van der Waals surface area contributed by atoms with Crippen LogP contribution in [0.1, 0.15) is 10.4 Å². The summed E-state index contributed by atoms with van der Waals surface area (Å²) in [6, 6.07) is 7.91. The van der Waals surface area contributed by atoms with E-state index in [2.05, 4.69) is 15.9 Å². The lowest BCUT2D eigenvalue weighted by Crippen LogP contribution is -2.39. The second-order valence-electron chi connectivity index (χ2n) is 5.22. The lowest BCUT2D eigenvalue weighted by Gasteiger charge is -2.25. The zero-order valence-corrected chi connectivity index (χ0v) is 15.3. The van der Waals surface area contributed by atoms with Crippen molar-refractivity contribution in [3.05, 3.63) is 45.7 Å². The molecule has 1 N–H and O–H groups in total. The van der Waals surface area contributed by atoms with Gasteiger partial charge in [0, 0.05) is 38.2 Å². The van der Waals surface area contributed by atoms with E-state index in [1.807, 2.05) is 5.32 Å². The minimum Gasteiger partial charge on any atom is -0.363 e. The van der Waals surface area contributed by atoms with Gasteiger partial charge in [-0.15, -0.1) is 0 Å². The maximum atomic E-state index is 12.2. The van der Waals surface area contributed by atoms with Crippen molar-refractivity contribution in [2.75, 3.05) is 28.2 Å². The highest BCUT2D eigenvalue weighted by molar-refractivity contribution is 9.10. The van der Waals surface area contributed by atoms with Crippen LogP contribution in [-0.4, -0.2) is 55.6 Å². The summed E-state index contributed by atoms with van der Waals surface area (Å²) in [6.45, 7) is 0. The summed E-state index contributed by atoms with van der Waals surface area (Å²) in [5, 5.41) is 11.2. The maximum absolute atomic E-state index is 12.2. The molecule has 2 amide bonds. The monoisotopic (exact) mass is 392 g/mol. The van der Waals surface area contributed by atoms with Crippen molar-refractivity contribution in [1.29, 1.82) is 5.26 Å². The molecule has 0 aliphatic heterocycles. The van der Waals surface area contributed by atoms with Crippen molar-refractivity contribution in [1.82, 2.24) is 15.1 Å². The van der Waals surface area contributed by atoms with Gasteiger partial charge < -0.3 is 9.80 Å². The zero-order valence-electron chi connectivity index (χ0n) is 13.8. The fraction of sp³-hybridized carbons (Fsp3) is 0.250. The van der Waals surface area contributed by atoms with E-state index in [9.17, 15) is 19.6 Å². The third kappa shape index (κ3) is 4.67. The molecule has 1 aromatic rings. The van der Waals surface area contributed by atoms with Crippen molar-refractivity contribution >= 4 is 33.5 Å². The number of nitrogens with zero attached hydrogens (tertiary/aromatic N) is 3. The van der Waals surface area contributed by atoms with Crippen molar-refractivity contribution in [2.24, 2.45) is 0 Å². The van der Waals surface area contributed by atoms with E-state index >= 15 is 0 Å². The highest BCUT2D eigenvalue weighted by Gasteiger charge is 2.24. The lowest BCUT2D eigenvalue weighted by atomic mass is 10.1. The normalized spacial score (nSPS) is 9.50. The van der Waals surface area contributed by atoms with Gasteiger partial charge >= 0.3 is 0 Å². The standard InChI is InChI=1S/C16H17BrN4O3/c1-20(2)16(21(3)4)12(9-18)14(23)19-15(24)13(22)10-5-7-11(17)8-6-10/h5-8H,1-4H3,(H,19,23,24). The molecule has 0 atom stereocenters. The summed E-state index contributed by atoms with van der Waals surface area (Å²) < 4.78 is 0.756. The quantitative estimate of drug-likeness (QED) is 0.349. The Morgan fingerprint density at radius 2 is 1.50 bits per heavy atom. The van der Waals surface area contributed by atoms with Crippen LogP contribution in [0.15, 0.2) is 40.1 Å². The number of benzene rings is 1. The largest absolute Gasteiger partial charge is 0.363 e. The molecule has 0 heterocycles. The Bertz CT molecular complexity index is 721. The first-order valence-electron chi connectivity index (χ1n) is 6.83. The minimum atomic E-state index is -1.09. The van der Waals surface area contributed by atoms with Crippen molar-refractivity contribution in [3.8, 4) is 6.07 Å². The molecular formula is C16H17BrN4O3. The number of Topliss-reactive ketones (excluding diaryl/α,β-unsaturated/α-hetero) is 1. The van der Waals surface area contributed by atoms with Gasteiger partial charge in [0.15, 0.2) is 5.57 Å². The molecule has 0 spiro atoms. The number of nitrogens with one attached hydrogen (secondary N) is 1. The highest BCUT2D eigenvalue weighted by Crippen LogP contribution is 2.12. The van der Waals surface area contributed by atoms with E-state index in [0.717, 1.165) is 4.47 Å². The number of hydrogen-bond acceptors (Lipinski definition) is 6. The number of imide groups is 1. The average Bonchev–Trinajstić information content (AvgIpc) is 2.51. The van der Waals surface area contributed by atoms with Crippen LogP contribution in [0.4, 0.5) is 0 Å². The molecule has 0 fully saturated rings. The van der Waals surface area contributed by atoms with Crippen LogP contribution >= 0.6 is 15.9 Å². The van der Waals surface area contributed by atoms with Gasteiger partial charge in [0.05, 0.1) is 0 Å². The van der Waals surface area contributed by atoms with Crippen molar-refractivity contribution in [3.63, 3.8) is 0 Å². The van der Waals surface area contributed by atoms with Gasteiger partial charge in [-0.05, 0) is 24.3 Å². The van der Waals surface area contributed by atoms with Crippen molar-refractivity contribution in [2.45, 2.75) is 0 Å². The molecular weight excluding hydrogens is 376 g/mol. The van der Waals surface area contributed by atoms with Crippen LogP contribution in [0.2, 0.25) is 0 Å². The minimum absolute atomic E-state index is 0.145. The second-order valence-corrected chi connectivity index (χ2v) is 6.13. The predicted octanol–water partition coefficient (Wildman–Crippen LogP) is 1.13. The van der Waals surface area contributed by atoms with Gasteiger partial charge in [-0.2, -0.15) is 5.26 Å². The molecule has 8 heteroatoms. The van der Waals surface area contributed by atoms with Crippen LogP contribution in [0, 0.1) is 11.3 Å². The van der Waals surface area contributed by atoms with E-state index < -0.39 is 17.6 Å². The molecule has 0 bridgehead atoms. The van der Waals surface area contributed by atoms with Gasteiger partial charge in [-0.1, -0.05) is 15.9 Å². The number of halogens is 1. The Balaban J connectivity index is 3.02. The summed E-state index contributed by atoms with van der Waals surface area (Å²) in [7, 11) is 6.65. The second kappa shape index (κ2) is 8.26. The van der Waals surface area contributed by atoms with E-state index in [0.29, 0.717) is 5.82 Å². The molecule has 0 radical (unpaired) electrons.